The van der Waals surface area contributed by atoms with Crippen LogP contribution >= 0.6 is 0 Å². The molecular formula is C22H21NO4. The van der Waals surface area contributed by atoms with Crippen LogP contribution in [0.1, 0.15) is 32.0 Å². The molecular weight excluding hydrogens is 342 g/mol. The summed E-state index contributed by atoms with van der Waals surface area (Å²) in [6, 6.07) is 16.3. The van der Waals surface area contributed by atoms with Gasteiger partial charge in [-0.3, -0.25) is 9.59 Å². The van der Waals surface area contributed by atoms with E-state index in [2.05, 4.69) is 5.32 Å². The zero-order chi connectivity index (χ0) is 19.2. The summed E-state index contributed by atoms with van der Waals surface area (Å²) in [6.07, 6.45) is 0.635. The fourth-order valence-electron chi connectivity index (χ4n) is 2.69. The minimum absolute atomic E-state index is 0.224. The summed E-state index contributed by atoms with van der Waals surface area (Å²) in [6.45, 7) is 4.82. The number of carbonyl (C=O) groups is 2. The first-order valence-electron chi connectivity index (χ1n) is 8.71. The highest BCUT2D eigenvalue weighted by Crippen LogP contribution is 2.25. The van der Waals surface area contributed by atoms with Gasteiger partial charge in [-0.05, 0) is 55.3 Å². The van der Waals surface area contributed by atoms with E-state index in [-0.39, 0.29) is 11.7 Å². The summed E-state index contributed by atoms with van der Waals surface area (Å²) < 4.78 is 11.1. The Kier molecular flexibility index (Phi) is 5.71. The summed E-state index contributed by atoms with van der Waals surface area (Å²) in [5, 5.41) is 2.85. The predicted molar refractivity (Wildman–Crippen MR) is 103 cm³/mol. The maximum atomic E-state index is 12.5. The van der Waals surface area contributed by atoms with Crippen LogP contribution in [0.25, 0.3) is 11.3 Å². The van der Waals surface area contributed by atoms with Crippen molar-refractivity contribution in [3.63, 3.8) is 0 Å². The molecule has 3 rings (SSSR count). The molecule has 0 radical (unpaired) electrons. The summed E-state index contributed by atoms with van der Waals surface area (Å²) in [5.74, 6) is 1.26. The number of amides is 1. The molecule has 27 heavy (non-hydrogen) atoms. The van der Waals surface area contributed by atoms with Crippen LogP contribution in [0.5, 0.6) is 5.75 Å². The maximum Gasteiger partial charge on any atom is 0.252 e. The monoisotopic (exact) mass is 363 g/mol. The van der Waals surface area contributed by atoms with Crippen molar-refractivity contribution in [2.24, 2.45) is 0 Å². The van der Waals surface area contributed by atoms with E-state index >= 15 is 0 Å². The molecule has 0 unspecified atom stereocenters. The summed E-state index contributed by atoms with van der Waals surface area (Å²) in [5.41, 5.74) is 3.50. The molecule has 0 fully saturated rings. The van der Waals surface area contributed by atoms with Gasteiger partial charge in [0.15, 0.2) is 12.0 Å². The molecule has 0 aliphatic rings. The average molecular weight is 363 g/mol. The largest absolute Gasteiger partial charge is 0.492 e. The van der Waals surface area contributed by atoms with Crippen molar-refractivity contribution in [3.8, 4) is 17.1 Å². The first-order valence-corrected chi connectivity index (χ1v) is 8.71. The van der Waals surface area contributed by atoms with Crippen LogP contribution in [-0.2, 0) is 0 Å². The van der Waals surface area contributed by atoms with E-state index in [1.54, 1.807) is 30.3 Å². The Morgan fingerprint density at radius 3 is 2.63 bits per heavy atom. The van der Waals surface area contributed by atoms with Crippen LogP contribution in [0.2, 0.25) is 0 Å². The van der Waals surface area contributed by atoms with Gasteiger partial charge in [0, 0.05) is 5.56 Å². The number of benzene rings is 2. The lowest BCUT2D eigenvalue weighted by Crippen LogP contribution is -2.28. The lowest BCUT2D eigenvalue weighted by atomic mass is 10.0. The molecule has 0 saturated heterocycles. The zero-order valence-electron chi connectivity index (χ0n) is 15.3. The van der Waals surface area contributed by atoms with E-state index in [9.17, 15) is 9.59 Å². The zero-order valence-corrected chi connectivity index (χ0v) is 15.3. The number of nitrogens with one attached hydrogen (secondary N) is 1. The molecule has 138 valence electrons. The van der Waals surface area contributed by atoms with Crippen LogP contribution in [0, 0.1) is 13.8 Å². The van der Waals surface area contributed by atoms with Gasteiger partial charge in [-0.2, -0.15) is 0 Å². The highest BCUT2D eigenvalue weighted by atomic mass is 16.5. The molecule has 3 aromatic rings. The number of carbonyl (C=O) groups excluding carboxylic acids is 2. The molecule has 1 N–H and O–H groups in total. The fraction of sp³-hybridized carbons (Fsp3) is 0.182. The third-order valence-corrected chi connectivity index (χ3v) is 4.31. The number of hydrogen-bond donors (Lipinski definition) is 1. The first kappa shape index (κ1) is 18.5. The molecule has 1 amide bonds. The average Bonchev–Trinajstić information content (AvgIpc) is 3.17. The molecule has 0 aliphatic heterocycles. The van der Waals surface area contributed by atoms with Crippen molar-refractivity contribution in [2.45, 2.75) is 13.8 Å². The minimum atomic E-state index is -0.224. The molecule has 2 aromatic carbocycles. The summed E-state index contributed by atoms with van der Waals surface area (Å²) in [4.78, 5) is 23.4. The molecule has 0 saturated carbocycles. The van der Waals surface area contributed by atoms with Gasteiger partial charge < -0.3 is 14.5 Å². The second kappa shape index (κ2) is 8.36. The van der Waals surface area contributed by atoms with Crippen LogP contribution in [0.3, 0.4) is 0 Å². The number of aryl methyl sites for hydroxylation is 2. The van der Waals surface area contributed by atoms with Crippen molar-refractivity contribution in [3.05, 3.63) is 77.0 Å². The molecule has 0 aliphatic carbocycles. The molecule has 1 heterocycles. The van der Waals surface area contributed by atoms with Crippen molar-refractivity contribution in [1.29, 1.82) is 0 Å². The van der Waals surface area contributed by atoms with E-state index in [1.807, 2.05) is 38.1 Å². The van der Waals surface area contributed by atoms with E-state index < -0.39 is 0 Å². The van der Waals surface area contributed by atoms with Crippen molar-refractivity contribution in [1.82, 2.24) is 5.32 Å². The van der Waals surface area contributed by atoms with E-state index in [0.29, 0.717) is 36.3 Å². The number of ether oxygens (including phenoxy) is 1. The van der Waals surface area contributed by atoms with E-state index in [0.717, 1.165) is 5.75 Å². The maximum absolute atomic E-state index is 12.5. The molecule has 5 nitrogen and oxygen atoms in total. The predicted octanol–water partition coefficient (Wildman–Crippen LogP) is 4.18. The van der Waals surface area contributed by atoms with Gasteiger partial charge in [0.2, 0.25) is 0 Å². The van der Waals surface area contributed by atoms with Gasteiger partial charge >= 0.3 is 0 Å². The van der Waals surface area contributed by atoms with Crippen molar-refractivity contribution < 1.29 is 18.7 Å². The third-order valence-electron chi connectivity index (χ3n) is 4.31. The second-order valence-corrected chi connectivity index (χ2v) is 6.22. The van der Waals surface area contributed by atoms with Crippen LogP contribution in [0.15, 0.2) is 59.0 Å². The Morgan fingerprint density at radius 2 is 1.89 bits per heavy atom. The van der Waals surface area contributed by atoms with Gasteiger partial charge in [-0.1, -0.05) is 24.3 Å². The Balaban J connectivity index is 1.61. The number of aldehydes is 1. The standard InChI is InChI=1S/C22H21NO4/c1-15-7-8-17(13-16(15)2)26-12-11-23-22(25)20-6-4-3-5-19(20)21-10-9-18(14-24)27-21/h3-10,13-14H,11-12H2,1-2H3,(H,23,25). The molecule has 0 spiro atoms. The Labute approximate surface area is 158 Å². The van der Waals surface area contributed by atoms with Crippen LogP contribution < -0.4 is 10.1 Å². The highest BCUT2D eigenvalue weighted by Gasteiger charge is 2.14. The van der Waals surface area contributed by atoms with Crippen molar-refractivity contribution >= 4 is 12.2 Å². The lowest BCUT2D eigenvalue weighted by Gasteiger charge is -2.11. The van der Waals surface area contributed by atoms with Gasteiger partial charge in [0.25, 0.3) is 5.91 Å². The van der Waals surface area contributed by atoms with E-state index in [1.165, 1.54) is 11.1 Å². The SMILES string of the molecule is Cc1ccc(OCCNC(=O)c2ccccc2-c2ccc(C=O)o2)cc1C. The summed E-state index contributed by atoms with van der Waals surface area (Å²) >= 11 is 0. The minimum Gasteiger partial charge on any atom is -0.492 e. The van der Waals surface area contributed by atoms with Gasteiger partial charge in [-0.15, -0.1) is 0 Å². The Bertz CT molecular complexity index is 958. The first-order chi connectivity index (χ1) is 13.1. The molecule has 0 atom stereocenters. The summed E-state index contributed by atoms with van der Waals surface area (Å²) in [7, 11) is 0. The smallest absolute Gasteiger partial charge is 0.252 e. The fourth-order valence-corrected chi connectivity index (χ4v) is 2.69. The highest BCUT2D eigenvalue weighted by molar-refractivity contribution is 6.00. The van der Waals surface area contributed by atoms with Gasteiger partial charge in [0.05, 0.1) is 12.1 Å². The van der Waals surface area contributed by atoms with Crippen LogP contribution in [-0.4, -0.2) is 25.3 Å². The molecule has 0 bridgehead atoms. The van der Waals surface area contributed by atoms with Gasteiger partial charge in [-0.25, -0.2) is 0 Å². The van der Waals surface area contributed by atoms with E-state index in [4.69, 9.17) is 9.15 Å². The van der Waals surface area contributed by atoms with Gasteiger partial charge in [0.1, 0.15) is 18.1 Å². The van der Waals surface area contributed by atoms with Crippen LogP contribution in [0.4, 0.5) is 0 Å². The lowest BCUT2D eigenvalue weighted by molar-refractivity contribution is 0.0947. The normalized spacial score (nSPS) is 10.4. The molecule has 5 heteroatoms. The molecule has 1 aromatic heterocycles. The number of hydrogen-bond acceptors (Lipinski definition) is 4. The second-order valence-electron chi connectivity index (χ2n) is 6.22. The number of furan rings is 1. The topological polar surface area (TPSA) is 68.5 Å². The Hall–Kier alpha value is -3.34. The Morgan fingerprint density at radius 1 is 1.07 bits per heavy atom. The third kappa shape index (κ3) is 4.44. The number of rotatable bonds is 7. The van der Waals surface area contributed by atoms with Crippen molar-refractivity contribution in [2.75, 3.05) is 13.2 Å². The quantitative estimate of drug-likeness (QED) is 0.505.